The van der Waals surface area contributed by atoms with E-state index in [9.17, 15) is 9.59 Å². The molecule has 0 fully saturated rings. The van der Waals surface area contributed by atoms with Crippen LogP contribution in [0, 0.1) is 6.92 Å². The van der Waals surface area contributed by atoms with Gasteiger partial charge in [0.2, 0.25) is 17.6 Å². The van der Waals surface area contributed by atoms with E-state index in [2.05, 4.69) is 10.3 Å². The summed E-state index contributed by atoms with van der Waals surface area (Å²) in [5.41, 5.74) is 0.426. The van der Waals surface area contributed by atoms with Crippen molar-refractivity contribution in [2.75, 3.05) is 12.5 Å². The average molecular weight is 275 g/mol. The second kappa shape index (κ2) is 6.39. The molecule has 100 valence electrons. The van der Waals surface area contributed by atoms with Crippen LogP contribution in [-0.4, -0.2) is 29.3 Å². The third-order valence-corrected chi connectivity index (χ3v) is 2.39. The minimum atomic E-state index is -0.565. The number of aromatic nitrogens is 1. The molecule has 0 aliphatic rings. The highest BCUT2D eigenvalue weighted by Gasteiger charge is 2.22. The van der Waals surface area contributed by atoms with Crippen LogP contribution in [0.4, 0.5) is 0 Å². The second-order valence-electron chi connectivity index (χ2n) is 3.61. The van der Waals surface area contributed by atoms with Crippen LogP contribution in [0.1, 0.15) is 42.0 Å². The van der Waals surface area contributed by atoms with Gasteiger partial charge in [0, 0.05) is 0 Å². The Hall–Kier alpha value is -1.56. The number of carbonyl (C=O) groups is 2. The van der Waals surface area contributed by atoms with Crippen molar-refractivity contribution in [1.82, 2.24) is 10.3 Å². The molecule has 0 saturated carbocycles. The van der Waals surface area contributed by atoms with Gasteiger partial charge in [0.15, 0.2) is 0 Å². The van der Waals surface area contributed by atoms with Gasteiger partial charge in [0.1, 0.15) is 11.9 Å². The number of ether oxygens (including phenoxy) is 1. The minimum Gasteiger partial charge on any atom is -0.460 e. The van der Waals surface area contributed by atoms with Crippen molar-refractivity contribution in [1.29, 1.82) is 0 Å². The number of aryl methyl sites for hydroxylation is 1. The molecule has 1 amide bonds. The molecule has 0 aliphatic carbocycles. The summed E-state index contributed by atoms with van der Waals surface area (Å²) < 4.78 is 10.1. The third-order valence-electron chi connectivity index (χ3n) is 2.14. The highest BCUT2D eigenvalue weighted by Crippen LogP contribution is 2.17. The number of rotatable bonds is 5. The maximum Gasteiger partial charge on any atom is 0.376 e. The first kappa shape index (κ1) is 14.5. The number of hydrogen-bond donors (Lipinski definition) is 1. The summed E-state index contributed by atoms with van der Waals surface area (Å²) in [4.78, 5) is 26.7. The van der Waals surface area contributed by atoms with Gasteiger partial charge in [0.05, 0.1) is 12.3 Å². The highest BCUT2D eigenvalue weighted by molar-refractivity contribution is 6.27. The molecule has 1 rings (SSSR count). The first-order valence-corrected chi connectivity index (χ1v) is 6.02. The number of nitrogens with one attached hydrogen (secondary N) is 1. The molecule has 1 atom stereocenters. The molecule has 1 heterocycles. The van der Waals surface area contributed by atoms with E-state index in [0.717, 1.165) is 0 Å². The van der Waals surface area contributed by atoms with Crippen LogP contribution in [0.2, 0.25) is 0 Å². The summed E-state index contributed by atoms with van der Waals surface area (Å²) in [5.74, 6) is -0.746. The van der Waals surface area contributed by atoms with Crippen LogP contribution in [-0.2, 0) is 9.53 Å². The monoisotopic (exact) mass is 274 g/mol. The number of esters is 1. The molecule has 18 heavy (non-hydrogen) atoms. The van der Waals surface area contributed by atoms with E-state index in [1.165, 1.54) is 0 Å². The summed E-state index contributed by atoms with van der Waals surface area (Å²) in [6.45, 7) is 5.28. The Bertz CT molecular complexity index is 444. The Morgan fingerprint density at radius 3 is 2.78 bits per heavy atom. The lowest BCUT2D eigenvalue weighted by Crippen LogP contribution is -2.27. The molecule has 1 aromatic rings. The molecule has 0 bridgehead atoms. The lowest BCUT2D eigenvalue weighted by Gasteiger charge is -2.08. The van der Waals surface area contributed by atoms with Gasteiger partial charge >= 0.3 is 5.97 Å². The lowest BCUT2D eigenvalue weighted by atomic mass is 10.3. The van der Waals surface area contributed by atoms with Crippen LogP contribution < -0.4 is 5.32 Å². The van der Waals surface area contributed by atoms with Gasteiger partial charge in [-0.05, 0) is 20.8 Å². The van der Waals surface area contributed by atoms with Crippen molar-refractivity contribution in [2.24, 2.45) is 0 Å². The number of halogens is 1. The largest absolute Gasteiger partial charge is 0.460 e. The van der Waals surface area contributed by atoms with E-state index >= 15 is 0 Å². The first-order chi connectivity index (χ1) is 8.49. The summed E-state index contributed by atoms with van der Waals surface area (Å²) in [7, 11) is 0. The third kappa shape index (κ3) is 3.46. The summed E-state index contributed by atoms with van der Waals surface area (Å²) in [6, 6.07) is -0.460. The van der Waals surface area contributed by atoms with Crippen LogP contribution >= 0.6 is 11.6 Å². The average Bonchev–Trinajstić information content (AvgIpc) is 2.71. The number of nitrogens with zero attached hydrogens (tertiary/aromatic N) is 1. The predicted octanol–water partition coefficient (Wildman–Crippen LogP) is 1.58. The predicted molar refractivity (Wildman–Crippen MR) is 64.5 cm³/mol. The standard InChI is InChI=1S/C11H15ClN2O4/c1-4-17-11(16)9-6(2)14-10(18-9)7(3)13-8(15)5-12/h7H,4-5H2,1-3H3,(H,13,15). The molecule has 1 unspecified atom stereocenters. The lowest BCUT2D eigenvalue weighted by molar-refractivity contribution is -0.119. The zero-order valence-electron chi connectivity index (χ0n) is 10.4. The quantitative estimate of drug-likeness (QED) is 0.651. The van der Waals surface area contributed by atoms with Gasteiger partial charge in [-0.25, -0.2) is 9.78 Å². The molecule has 0 aliphatic heterocycles. The maximum absolute atomic E-state index is 11.5. The van der Waals surface area contributed by atoms with Crippen LogP contribution in [0.25, 0.3) is 0 Å². The van der Waals surface area contributed by atoms with Crippen LogP contribution in [0.3, 0.4) is 0 Å². The molecule has 0 aromatic carbocycles. The molecule has 6 nitrogen and oxygen atoms in total. The minimum absolute atomic E-state index is 0.0545. The summed E-state index contributed by atoms with van der Waals surface area (Å²) in [5, 5.41) is 2.58. The van der Waals surface area contributed by atoms with Crippen molar-refractivity contribution >= 4 is 23.5 Å². The molecule has 0 radical (unpaired) electrons. The van der Waals surface area contributed by atoms with Gasteiger partial charge in [-0.3, -0.25) is 4.79 Å². The SMILES string of the molecule is CCOC(=O)c1oc(C(C)NC(=O)CCl)nc1C. The Morgan fingerprint density at radius 2 is 2.22 bits per heavy atom. The second-order valence-corrected chi connectivity index (χ2v) is 3.88. The Kier molecular flexibility index (Phi) is 5.15. The first-order valence-electron chi connectivity index (χ1n) is 5.49. The smallest absolute Gasteiger partial charge is 0.376 e. The normalized spacial score (nSPS) is 12.0. The van der Waals surface area contributed by atoms with Crippen LogP contribution in [0.5, 0.6) is 0 Å². The molecule has 1 N–H and O–H groups in total. The fourth-order valence-corrected chi connectivity index (χ4v) is 1.41. The Labute approximate surface area is 110 Å². The van der Waals surface area contributed by atoms with Crippen LogP contribution in [0.15, 0.2) is 4.42 Å². The molecule has 7 heteroatoms. The number of hydrogen-bond acceptors (Lipinski definition) is 5. The van der Waals surface area contributed by atoms with E-state index in [1.54, 1.807) is 20.8 Å². The molecule has 1 aromatic heterocycles. The molecule has 0 spiro atoms. The van der Waals surface area contributed by atoms with Crippen molar-refractivity contribution < 1.29 is 18.7 Å². The zero-order chi connectivity index (χ0) is 13.7. The van der Waals surface area contributed by atoms with E-state index < -0.39 is 12.0 Å². The van der Waals surface area contributed by atoms with E-state index in [1.807, 2.05) is 0 Å². The number of carbonyl (C=O) groups excluding carboxylic acids is 2. The van der Waals surface area contributed by atoms with Crippen molar-refractivity contribution in [3.63, 3.8) is 0 Å². The van der Waals surface area contributed by atoms with E-state index in [0.29, 0.717) is 5.69 Å². The van der Waals surface area contributed by atoms with E-state index in [4.69, 9.17) is 20.8 Å². The summed E-state index contributed by atoms with van der Waals surface area (Å²) >= 11 is 5.37. The zero-order valence-corrected chi connectivity index (χ0v) is 11.2. The summed E-state index contributed by atoms with van der Waals surface area (Å²) in [6.07, 6.45) is 0. The topological polar surface area (TPSA) is 81.4 Å². The van der Waals surface area contributed by atoms with Gasteiger partial charge in [0.25, 0.3) is 0 Å². The number of amides is 1. The van der Waals surface area contributed by atoms with Gasteiger partial charge in [-0.15, -0.1) is 11.6 Å². The number of alkyl halides is 1. The molecular weight excluding hydrogens is 260 g/mol. The van der Waals surface area contributed by atoms with Gasteiger partial charge in [-0.1, -0.05) is 0 Å². The number of oxazole rings is 1. The highest BCUT2D eigenvalue weighted by atomic mass is 35.5. The van der Waals surface area contributed by atoms with Crippen molar-refractivity contribution in [3.05, 3.63) is 17.3 Å². The van der Waals surface area contributed by atoms with E-state index in [-0.39, 0.29) is 30.0 Å². The van der Waals surface area contributed by atoms with Crippen molar-refractivity contribution in [3.8, 4) is 0 Å². The fourth-order valence-electron chi connectivity index (χ4n) is 1.33. The maximum atomic E-state index is 11.5. The van der Waals surface area contributed by atoms with Gasteiger partial charge in [-0.2, -0.15) is 0 Å². The fraction of sp³-hybridized carbons (Fsp3) is 0.545. The Balaban J connectivity index is 2.83. The van der Waals surface area contributed by atoms with Gasteiger partial charge < -0.3 is 14.5 Å². The molecule has 0 saturated heterocycles. The van der Waals surface area contributed by atoms with Crippen molar-refractivity contribution in [2.45, 2.75) is 26.8 Å². The molecular formula is C11H15ClN2O4. The Morgan fingerprint density at radius 1 is 1.56 bits per heavy atom.